The maximum atomic E-state index is 4.21. The first-order valence-corrected chi connectivity index (χ1v) is 17.3. The average molecular weight is 559 g/mol. The summed E-state index contributed by atoms with van der Waals surface area (Å²) in [4.78, 5) is 0. The first-order valence-electron chi connectivity index (χ1n) is 14.5. The number of para-hydroxylation sites is 2. The van der Waals surface area contributed by atoms with E-state index in [1.807, 2.05) is 0 Å². The molecule has 200 valence electrons. The lowest BCUT2D eigenvalue weighted by atomic mass is 10.0. The van der Waals surface area contributed by atoms with Gasteiger partial charge in [0.1, 0.15) is 0 Å². The molecular formula is C36H36N2P2. The van der Waals surface area contributed by atoms with Crippen LogP contribution in [0, 0.1) is 0 Å². The largest absolute Gasteiger partial charge is 0.354 e. The Bertz CT molecular complexity index is 1680. The maximum absolute atomic E-state index is 4.21. The molecule has 2 N–H and O–H groups in total. The molecule has 4 aromatic carbocycles. The van der Waals surface area contributed by atoms with Crippen molar-refractivity contribution in [1.29, 1.82) is 0 Å². The number of benzene rings is 4. The Morgan fingerprint density at radius 1 is 0.575 bits per heavy atom. The van der Waals surface area contributed by atoms with E-state index in [1.54, 1.807) is 0 Å². The molecule has 40 heavy (non-hydrogen) atoms. The van der Waals surface area contributed by atoms with Crippen LogP contribution >= 0.6 is 15.8 Å². The third-order valence-corrected chi connectivity index (χ3v) is 13.9. The Morgan fingerprint density at radius 3 is 1.85 bits per heavy atom. The fraction of sp³-hybridized carbons (Fsp3) is 0.222. The van der Waals surface area contributed by atoms with Gasteiger partial charge in [-0.3, -0.25) is 0 Å². The molecule has 2 aliphatic carbocycles. The quantitative estimate of drug-likeness (QED) is 0.242. The summed E-state index contributed by atoms with van der Waals surface area (Å²) in [6.07, 6.45) is 11.3. The molecule has 0 saturated carbocycles. The first-order chi connectivity index (χ1) is 19.5. The molecule has 4 heteroatoms. The summed E-state index contributed by atoms with van der Waals surface area (Å²) >= 11 is 0. The van der Waals surface area contributed by atoms with Crippen molar-refractivity contribution in [2.24, 2.45) is 0 Å². The van der Waals surface area contributed by atoms with E-state index in [0.29, 0.717) is 11.3 Å². The zero-order chi connectivity index (χ0) is 27.4. The minimum atomic E-state index is -0.639. The fourth-order valence-electron chi connectivity index (χ4n) is 6.55. The van der Waals surface area contributed by atoms with E-state index in [2.05, 4.69) is 135 Å². The van der Waals surface area contributed by atoms with Crippen LogP contribution in [0.3, 0.4) is 0 Å². The van der Waals surface area contributed by atoms with Crippen LogP contribution in [0.2, 0.25) is 0 Å². The highest BCUT2D eigenvalue weighted by atomic mass is 31.1. The summed E-state index contributed by atoms with van der Waals surface area (Å²) < 4.78 is 0. The van der Waals surface area contributed by atoms with E-state index < -0.39 is 15.8 Å². The van der Waals surface area contributed by atoms with Gasteiger partial charge in [-0.25, -0.2) is 0 Å². The van der Waals surface area contributed by atoms with E-state index in [-0.39, 0.29) is 0 Å². The Labute approximate surface area is 241 Å². The van der Waals surface area contributed by atoms with Crippen molar-refractivity contribution in [1.82, 2.24) is 0 Å². The van der Waals surface area contributed by atoms with Crippen LogP contribution in [-0.2, 0) is 12.8 Å². The molecule has 0 bridgehead atoms. The second-order valence-corrected chi connectivity index (χ2v) is 17.0. The van der Waals surface area contributed by atoms with Gasteiger partial charge >= 0.3 is 0 Å². The van der Waals surface area contributed by atoms with Gasteiger partial charge in [0.05, 0.1) is 11.4 Å². The van der Waals surface area contributed by atoms with Crippen molar-refractivity contribution in [3.63, 3.8) is 0 Å². The number of rotatable bonds is 2. The van der Waals surface area contributed by atoms with Crippen LogP contribution in [0.25, 0.3) is 12.2 Å². The fourth-order valence-corrected chi connectivity index (χ4v) is 11.9. The number of allylic oxidation sites excluding steroid dienone is 2. The summed E-state index contributed by atoms with van der Waals surface area (Å²) in [5.41, 5.74) is 11.7. The number of fused-ring (bicyclic) bond motifs is 8. The maximum Gasteiger partial charge on any atom is 0.0542 e. The average Bonchev–Trinajstić information content (AvgIpc) is 3.62. The molecule has 0 amide bonds. The Kier molecular flexibility index (Phi) is 6.66. The van der Waals surface area contributed by atoms with Gasteiger partial charge in [-0.05, 0) is 68.8 Å². The lowest BCUT2D eigenvalue weighted by molar-refractivity contribution is 1.10. The lowest BCUT2D eigenvalue weighted by Crippen LogP contribution is -2.28. The second-order valence-electron chi connectivity index (χ2n) is 11.5. The molecule has 2 nitrogen and oxygen atoms in total. The van der Waals surface area contributed by atoms with Crippen molar-refractivity contribution in [3.8, 4) is 0 Å². The van der Waals surface area contributed by atoms with Crippen LogP contribution < -0.4 is 31.9 Å². The first kappa shape index (κ1) is 25.8. The highest BCUT2D eigenvalue weighted by Crippen LogP contribution is 2.50. The molecule has 1 aliphatic heterocycles. The zero-order valence-electron chi connectivity index (χ0n) is 23.7. The summed E-state index contributed by atoms with van der Waals surface area (Å²) in [6.45, 7) is 9.57. The third kappa shape index (κ3) is 4.25. The van der Waals surface area contributed by atoms with Crippen molar-refractivity contribution in [2.75, 3.05) is 10.6 Å². The van der Waals surface area contributed by atoms with Gasteiger partial charge in [0.25, 0.3) is 0 Å². The molecule has 0 spiro atoms. The number of hydrogen-bond donors (Lipinski definition) is 2. The molecule has 0 saturated heterocycles. The molecule has 0 fully saturated rings. The van der Waals surface area contributed by atoms with Crippen molar-refractivity contribution in [2.45, 2.75) is 51.9 Å². The Hall–Kier alpha value is -3.18. The second kappa shape index (κ2) is 10.3. The highest BCUT2D eigenvalue weighted by Gasteiger charge is 2.31. The monoisotopic (exact) mass is 558 g/mol. The predicted octanol–water partition coefficient (Wildman–Crippen LogP) is 8.31. The van der Waals surface area contributed by atoms with E-state index in [0.717, 1.165) is 12.8 Å². The molecule has 4 aromatic rings. The van der Waals surface area contributed by atoms with Crippen LogP contribution in [0.4, 0.5) is 22.7 Å². The third-order valence-electron chi connectivity index (χ3n) is 8.28. The minimum Gasteiger partial charge on any atom is -0.354 e. The Morgan fingerprint density at radius 2 is 1.18 bits per heavy atom. The van der Waals surface area contributed by atoms with Gasteiger partial charge in [-0.1, -0.05) is 113 Å². The molecule has 2 atom stereocenters. The summed E-state index contributed by atoms with van der Waals surface area (Å²) in [5.74, 6) is 0. The molecule has 1 heterocycles. The van der Waals surface area contributed by atoms with Gasteiger partial charge in [0.15, 0.2) is 0 Å². The van der Waals surface area contributed by atoms with Crippen LogP contribution in [-0.4, -0.2) is 11.3 Å². The number of nitrogens with one attached hydrogen (secondary N) is 2. The predicted molar refractivity (Wildman–Crippen MR) is 180 cm³/mol. The molecule has 0 radical (unpaired) electrons. The standard InChI is InChI=1S/C36H36N2P2/c1-23(2)39-31-17-7-5-15-29(31)37-30-16-6-8-18-32(30)40(24(3)4)34-22-20-26-12-10-14-28(26)36(34)38-35-27-13-9-11-25(27)19-21-33(35)39/h5-11,14-24,37-38H,12-13H2,1-4H3. The number of hydrogen-bond acceptors (Lipinski definition) is 2. The minimum absolute atomic E-state index is 0.482. The molecular weight excluding hydrogens is 522 g/mol. The molecule has 3 aliphatic rings. The van der Waals surface area contributed by atoms with E-state index in [4.69, 9.17) is 0 Å². The van der Waals surface area contributed by atoms with Gasteiger partial charge in [0.2, 0.25) is 0 Å². The van der Waals surface area contributed by atoms with Crippen LogP contribution in [0.15, 0.2) is 84.9 Å². The zero-order valence-corrected chi connectivity index (χ0v) is 25.5. The van der Waals surface area contributed by atoms with E-state index in [1.165, 1.54) is 66.2 Å². The smallest absolute Gasteiger partial charge is 0.0542 e. The summed E-state index contributed by atoms with van der Waals surface area (Å²) in [6, 6.07) is 27.6. The molecule has 0 aromatic heterocycles. The van der Waals surface area contributed by atoms with Crippen LogP contribution in [0.5, 0.6) is 0 Å². The van der Waals surface area contributed by atoms with Crippen molar-refractivity contribution in [3.05, 3.63) is 107 Å². The van der Waals surface area contributed by atoms with Gasteiger partial charge in [-0.2, -0.15) is 0 Å². The summed E-state index contributed by atoms with van der Waals surface area (Å²) in [7, 11) is -1.27. The summed E-state index contributed by atoms with van der Waals surface area (Å²) in [5, 5.41) is 13.9. The van der Waals surface area contributed by atoms with Gasteiger partial charge in [-0.15, -0.1) is 0 Å². The normalized spacial score (nSPS) is 18.4. The van der Waals surface area contributed by atoms with E-state index >= 15 is 0 Å². The molecule has 7 rings (SSSR count). The topological polar surface area (TPSA) is 24.1 Å². The van der Waals surface area contributed by atoms with Crippen molar-refractivity contribution < 1.29 is 0 Å². The highest BCUT2D eigenvalue weighted by molar-refractivity contribution is 7.74. The number of anilines is 4. The van der Waals surface area contributed by atoms with Crippen molar-refractivity contribution >= 4 is 72.0 Å². The van der Waals surface area contributed by atoms with E-state index in [9.17, 15) is 0 Å². The molecule has 2 unspecified atom stereocenters. The Balaban J connectivity index is 1.58. The van der Waals surface area contributed by atoms with Crippen LogP contribution in [0.1, 0.15) is 49.9 Å². The SMILES string of the molecule is CC(C)P1c2ccccc2Nc2ccccc2P(C(C)C)c2ccc3c(c2Nc2c1ccc1c2C=CC1)CC=C3. The lowest BCUT2D eigenvalue weighted by Gasteiger charge is -2.33. The van der Waals surface area contributed by atoms with Gasteiger partial charge in [0, 0.05) is 38.2 Å². The van der Waals surface area contributed by atoms with Gasteiger partial charge < -0.3 is 10.6 Å².